The van der Waals surface area contributed by atoms with Gasteiger partial charge in [-0.15, -0.1) is 0 Å². The number of hydrogen-bond donors (Lipinski definition) is 1. The second-order valence-corrected chi connectivity index (χ2v) is 8.32. The number of rotatable bonds is 5. The van der Waals surface area contributed by atoms with Crippen LogP contribution >= 0.6 is 11.8 Å². The van der Waals surface area contributed by atoms with Gasteiger partial charge in [0.1, 0.15) is 0 Å². The molecule has 0 spiro atoms. The summed E-state index contributed by atoms with van der Waals surface area (Å²) in [6.07, 6.45) is 2.62. The Hall–Kier alpha value is -1.98. The van der Waals surface area contributed by atoms with Gasteiger partial charge >= 0.3 is 0 Å². The highest BCUT2D eigenvalue weighted by Gasteiger charge is 2.29. The number of anilines is 2. The predicted octanol–water partition coefficient (Wildman–Crippen LogP) is 5.14. The summed E-state index contributed by atoms with van der Waals surface area (Å²) >= 11 is 1.81. The first-order valence-electron chi connectivity index (χ1n) is 9.81. The van der Waals surface area contributed by atoms with Crippen LogP contribution in [0, 0.1) is 5.41 Å². The molecule has 142 valence electrons. The molecule has 0 aromatic heterocycles. The van der Waals surface area contributed by atoms with Crippen molar-refractivity contribution in [1.29, 1.82) is 5.41 Å². The highest BCUT2D eigenvalue weighted by Crippen LogP contribution is 2.49. The molecule has 1 unspecified atom stereocenters. The molecule has 1 saturated heterocycles. The Kier molecular flexibility index (Phi) is 5.41. The second kappa shape index (κ2) is 7.95. The summed E-state index contributed by atoms with van der Waals surface area (Å²) in [6.45, 7) is 8.22. The zero-order valence-corrected chi connectivity index (χ0v) is 16.9. The topological polar surface area (TPSA) is 39.6 Å². The minimum Gasteiger partial charge on any atom is -0.478 e. The van der Waals surface area contributed by atoms with E-state index in [1.165, 1.54) is 47.1 Å². The fourth-order valence-electron chi connectivity index (χ4n) is 4.05. The summed E-state index contributed by atoms with van der Waals surface area (Å²) in [6, 6.07) is 15.3. The standard InChI is InChI=1S/C22H27N3OS/c1-3-26-22(23)17-10-11-21-19(14-17)25(16(2)15-24-12-6-7-13-24)18-8-4-5-9-20(18)27-21/h4-5,8-11,14,16,23H,3,6-7,12-13,15H2,1-2H3. The Balaban J connectivity index is 1.72. The molecule has 0 aliphatic carbocycles. The van der Waals surface area contributed by atoms with Gasteiger partial charge in [-0.05, 0) is 70.1 Å². The maximum atomic E-state index is 8.19. The lowest BCUT2D eigenvalue weighted by Crippen LogP contribution is -2.40. The normalized spacial score (nSPS) is 17.3. The van der Waals surface area contributed by atoms with Crippen molar-refractivity contribution in [2.24, 2.45) is 0 Å². The molecule has 1 fully saturated rings. The van der Waals surface area contributed by atoms with Crippen LogP contribution in [-0.2, 0) is 4.74 Å². The summed E-state index contributed by atoms with van der Waals surface area (Å²) in [4.78, 5) is 7.57. The summed E-state index contributed by atoms with van der Waals surface area (Å²) in [5.41, 5.74) is 3.29. The smallest absolute Gasteiger partial charge is 0.213 e. The van der Waals surface area contributed by atoms with Crippen molar-refractivity contribution < 1.29 is 4.74 Å². The zero-order valence-electron chi connectivity index (χ0n) is 16.1. The van der Waals surface area contributed by atoms with Gasteiger partial charge in [-0.3, -0.25) is 5.41 Å². The van der Waals surface area contributed by atoms with Gasteiger partial charge < -0.3 is 14.5 Å². The summed E-state index contributed by atoms with van der Waals surface area (Å²) < 4.78 is 5.44. The van der Waals surface area contributed by atoms with E-state index in [0.717, 1.165) is 12.1 Å². The maximum Gasteiger partial charge on any atom is 0.213 e. The van der Waals surface area contributed by atoms with Crippen LogP contribution in [0.1, 0.15) is 32.3 Å². The van der Waals surface area contributed by atoms with Gasteiger partial charge in [0, 0.05) is 27.9 Å². The van der Waals surface area contributed by atoms with Gasteiger partial charge in [-0.25, -0.2) is 0 Å². The SMILES string of the molecule is CCOC(=N)c1ccc2c(c1)N(C(C)CN1CCCC1)c1ccccc1S2. The van der Waals surface area contributed by atoms with Crippen LogP contribution in [-0.4, -0.2) is 43.1 Å². The first-order chi connectivity index (χ1) is 13.2. The third kappa shape index (κ3) is 3.71. The lowest BCUT2D eigenvalue weighted by Gasteiger charge is -2.39. The molecule has 0 radical (unpaired) electrons. The van der Waals surface area contributed by atoms with Gasteiger partial charge in [0.2, 0.25) is 5.90 Å². The lowest BCUT2D eigenvalue weighted by molar-refractivity contribution is 0.319. The Labute approximate surface area is 166 Å². The van der Waals surface area contributed by atoms with E-state index in [1.54, 1.807) is 0 Å². The molecule has 5 heteroatoms. The van der Waals surface area contributed by atoms with E-state index in [9.17, 15) is 0 Å². The Bertz CT molecular complexity index is 832. The fourth-order valence-corrected chi connectivity index (χ4v) is 5.10. The first-order valence-corrected chi connectivity index (χ1v) is 10.6. The minimum absolute atomic E-state index is 0.247. The van der Waals surface area contributed by atoms with Crippen LogP contribution in [0.25, 0.3) is 0 Å². The van der Waals surface area contributed by atoms with Gasteiger partial charge in [-0.1, -0.05) is 23.9 Å². The number of hydrogen-bond acceptors (Lipinski definition) is 5. The van der Waals surface area contributed by atoms with E-state index in [-0.39, 0.29) is 5.90 Å². The van der Waals surface area contributed by atoms with Crippen LogP contribution in [0.5, 0.6) is 0 Å². The first kappa shape index (κ1) is 18.4. The summed E-state index contributed by atoms with van der Waals surface area (Å²) in [5.74, 6) is 0.247. The maximum absolute atomic E-state index is 8.19. The molecule has 0 bridgehead atoms. The van der Waals surface area contributed by atoms with E-state index in [2.05, 4.69) is 53.1 Å². The van der Waals surface area contributed by atoms with Crippen LogP contribution in [0.4, 0.5) is 11.4 Å². The average Bonchev–Trinajstić information content (AvgIpc) is 3.18. The third-order valence-corrected chi connectivity index (χ3v) is 6.41. The van der Waals surface area contributed by atoms with Crippen molar-refractivity contribution >= 4 is 29.0 Å². The highest BCUT2D eigenvalue weighted by atomic mass is 32.2. The number of nitrogens with one attached hydrogen (secondary N) is 1. The van der Waals surface area contributed by atoms with E-state index in [1.807, 2.05) is 24.8 Å². The molecule has 2 heterocycles. The fraction of sp³-hybridized carbons (Fsp3) is 0.409. The van der Waals surface area contributed by atoms with Crippen molar-refractivity contribution in [2.75, 3.05) is 31.1 Å². The van der Waals surface area contributed by atoms with Crippen molar-refractivity contribution in [3.05, 3.63) is 48.0 Å². The monoisotopic (exact) mass is 381 g/mol. The molecular formula is C22H27N3OS. The summed E-state index contributed by atoms with van der Waals surface area (Å²) in [5, 5.41) is 8.19. The number of fused-ring (bicyclic) bond motifs is 2. The molecule has 4 rings (SSSR count). The molecular weight excluding hydrogens is 354 g/mol. The Morgan fingerprint density at radius 1 is 1.11 bits per heavy atom. The van der Waals surface area contributed by atoms with Crippen LogP contribution < -0.4 is 4.90 Å². The third-order valence-electron chi connectivity index (χ3n) is 5.28. The van der Waals surface area contributed by atoms with E-state index >= 15 is 0 Å². The van der Waals surface area contributed by atoms with Gasteiger partial charge in [0.15, 0.2) is 0 Å². The molecule has 2 aromatic rings. The van der Waals surface area contributed by atoms with Gasteiger partial charge in [0.05, 0.1) is 18.0 Å². The quantitative estimate of drug-likeness (QED) is 0.575. The highest BCUT2D eigenvalue weighted by molar-refractivity contribution is 7.99. The number of para-hydroxylation sites is 1. The molecule has 4 nitrogen and oxygen atoms in total. The van der Waals surface area contributed by atoms with Crippen molar-refractivity contribution in [3.8, 4) is 0 Å². The van der Waals surface area contributed by atoms with Crippen LogP contribution in [0.15, 0.2) is 52.3 Å². The Morgan fingerprint density at radius 3 is 2.63 bits per heavy atom. The molecule has 2 aliphatic heterocycles. The Morgan fingerprint density at radius 2 is 1.85 bits per heavy atom. The predicted molar refractivity (Wildman–Crippen MR) is 113 cm³/mol. The van der Waals surface area contributed by atoms with Crippen LogP contribution in [0.3, 0.4) is 0 Å². The summed E-state index contributed by atoms with van der Waals surface area (Å²) in [7, 11) is 0. The largest absolute Gasteiger partial charge is 0.478 e. The molecule has 1 N–H and O–H groups in total. The molecule has 0 amide bonds. The molecule has 2 aliphatic rings. The van der Waals surface area contributed by atoms with E-state index < -0.39 is 0 Å². The minimum atomic E-state index is 0.247. The van der Waals surface area contributed by atoms with Crippen LogP contribution in [0.2, 0.25) is 0 Å². The average molecular weight is 382 g/mol. The lowest BCUT2D eigenvalue weighted by atomic mass is 10.1. The second-order valence-electron chi connectivity index (χ2n) is 7.24. The molecule has 1 atom stereocenters. The molecule has 2 aromatic carbocycles. The number of nitrogens with zero attached hydrogens (tertiary/aromatic N) is 2. The zero-order chi connectivity index (χ0) is 18.8. The van der Waals surface area contributed by atoms with E-state index in [0.29, 0.717) is 12.6 Å². The number of likely N-dealkylation sites (tertiary alicyclic amines) is 1. The molecule has 27 heavy (non-hydrogen) atoms. The van der Waals surface area contributed by atoms with E-state index in [4.69, 9.17) is 10.1 Å². The number of ether oxygens (including phenoxy) is 1. The van der Waals surface area contributed by atoms with Gasteiger partial charge in [0.25, 0.3) is 0 Å². The van der Waals surface area contributed by atoms with Crippen molar-refractivity contribution in [3.63, 3.8) is 0 Å². The number of benzene rings is 2. The van der Waals surface area contributed by atoms with Crippen molar-refractivity contribution in [2.45, 2.75) is 42.5 Å². The van der Waals surface area contributed by atoms with Crippen molar-refractivity contribution in [1.82, 2.24) is 4.90 Å². The van der Waals surface area contributed by atoms with Gasteiger partial charge in [-0.2, -0.15) is 0 Å². The molecule has 0 saturated carbocycles.